The van der Waals surface area contributed by atoms with Gasteiger partial charge in [-0.3, -0.25) is 0 Å². The third-order valence-corrected chi connectivity index (χ3v) is 9.17. The molecule has 0 spiro atoms. The standard InChI is InChI=1S/C24H30FN3O3S2/c1-4-27(5-2)33(29,30)21-10-11-23-22(14-21)26-24(28(23)15-20-7-6-12-31-20)32-16-18-8-9-19(25)13-17(18)3/h8-11,13-14,20H,4-7,12,15-16H2,1-3H3/t20-/m0/s1. The van der Waals surface area contributed by atoms with Crippen LogP contribution in [0.1, 0.15) is 37.8 Å². The van der Waals surface area contributed by atoms with Crippen LogP contribution in [0.5, 0.6) is 0 Å². The first-order chi connectivity index (χ1) is 15.8. The Kier molecular flexibility index (Phi) is 7.43. The Hall–Kier alpha value is -1.94. The van der Waals surface area contributed by atoms with E-state index in [1.54, 1.807) is 30.0 Å². The molecule has 1 saturated heterocycles. The van der Waals surface area contributed by atoms with E-state index >= 15 is 0 Å². The van der Waals surface area contributed by atoms with Crippen LogP contribution >= 0.6 is 11.8 Å². The number of aromatic nitrogens is 2. The summed E-state index contributed by atoms with van der Waals surface area (Å²) in [6, 6.07) is 10.0. The number of hydrogen-bond donors (Lipinski definition) is 0. The summed E-state index contributed by atoms with van der Waals surface area (Å²) in [6.45, 7) is 7.85. The van der Waals surface area contributed by atoms with Crippen molar-refractivity contribution in [1.82, 2.24) is 13.9 Å². The lowest BCUT2D eigenvalue weighted by Gasteiger charge is -2.18. The first kappa shape index (κ1) is 24.2. The Labute approximate surface area is 199 Å². The van der Waals surface area contributed by atoms with E-state index < -0.39 is 10.0 Å². The molecular formula is C24H30FN3O3S2. The molecule has 0 saturated carbocycles. The Morgan fingerprint density at radius 3 is 2.67 bits per heavy atom. The van der Waals surface area contributed by atoms with E-state index in [0.29, 0.717) is 30.9 Å². The molecule has 1 aliphatic heterocycles. The van der Waals surface area contributed by atoms with Crippen LogP contribution in [0.3, 0.4) is 0 Å². The predicted molar refractivity (Wildman–Crippen MR) is 130 cm³/mol. The van der Waals surface area contributed by atoms with Crippen molar-refractivity contribution in [3.8, 4) is 0 Å². The van der Waals surface area contributed by atoms with Crippen molar-refractivity contribution in [2.75, 3.05) is 19.7 Å². The number of nitrogens with zero attached hydrogens (tertiary/aromatic N) is 3. The van der Waals surface area contributed by atoms with Crippen LogP contribution in [-0.4, -0.2) is 48.1 Å². The first-order valence-electron chi connectivity index (χ1n) is 11.3. The Morgan fingerprint density at radius 2 is 2.00 bits per heavy atom. The molecule has 6 nitrogen and oxygen atoms in total. The zero-order valence-corrected chi connectivity index (χ0v) is 20.9. The lowest BCUT2D eigenvalue weighted by atomic mass is 10.1. The minimum absolute atomic E-state index is 0.119. The highest BCUT2D eigenvalue weighted by atomic mass is 32.2. The monoisotopic (exact) mass is 491 g/mol. The molecule has 0 N–H and O–H groups in total. The quantitative estimate of drug-likeness (QED) is 0.395. The number of halogens is 1. The fourth-order valence-electron chi connectivity index (χ4n) is 4.20. The summed E-state index contributed by atoms with van der Waals surface area (Å²) in [5.74, 6) is 0.403. The molecule has 1 fully saturated rings. The van der Waals surface area contributed by atoms with E-state index in [9.17, 15) is 12.8 Å². The molecule has 0 bridgehead atoms. The maximum atomic E-state index is 13.5. The molecule has 1 atom stereocenters. The van der Waals surface area contributed by atoms with Crippen LogP contribution < -0.4 is 0 Å². The van der Waals surface area contributed by atoms with Crippen LogP contribution in [0.15, 0.2) is 46.5 Å². The predicted octanol–water partition coefficient (Wildman–Crippen LogP) is 4.99. The minimum Gasteiger partial charge on any atom is -0.376 e. The van der Waals surface area contributed by atoms with E-state index in [-0.39, 0.29) is 16.8 Å². The van der Waals surface area contributed by atoms with Crippen molar-refractivity contribution in [3.05, 3.63) is 53.3 Å². The summed E-state index contributed by atoms with van der Waals surface area (Å²) in [7, 11) is -3.57. The molecule has 4 rings (SSSR count). The summed E-state index contributed by atoms with van der Waals surface area (Å²) in [5.41, 5.74) is 3.49. The summed E-state index contributed by atoms with van der Waals surface area (Å²) < 4.78 is 49.0. The highest BCUT2D eigenvalue weighted by Crippen LogP contribution is 2.31. The van der Waals surface area contributed by atoms with Gasteiger partial charge in [0.2, 0.25) is 10.0 Å². The van der Waals surface area contributed by atoms with E-state index in [1.165, 1.54) is 16.4 Å². The van der Waals surface area contributed by atoms with Gasteiger partial charge in [0.05, 0.1) is 28.6 Å². The summed E-state index contributed by atoms with van der Waals surface area (Å²) in [4.78, 5) is 5.07. The Balaban J connectivity index is 1.70. The summed E-state index contributed by atoms with van der Waals surface area (Å²) in [5, 5.41) is 0.807. The first-order valence-corrected chi connectivity index (χ1v) is 13.8. The third-order valence-electron chi connectivity index (χ3n) is 6.10. The van der Waals surface area contributed by atoms with Crippen LogP contribution in [-0.2, 0) is 27.1 Å². The van der Waals surface area contributed by atoms with E-state index in [2.05, 4.69) is 4.57 Å². The Morgan fingerprint density at radius 1 is 1.21 bits per heavy atom. The second kappa shape index (κ2) is 10.1. The van der Waals surface area contributed by atoms with Gasteiger partial charge < -0.3 is 9.30 Å². The van der Waals surface area contributed by atoms with Crippen LogP contribution in [0.4, 0.5) is 4.39 Å². The smallest absolute Gasteiger partial charge is 0.243 e. The molecule has 1 aliphatic rings. The largest absolute Gasteiger partial charge is 0.376 e. The SMILES string of the molecule is CCN(CC)S(=O)(=O)c1ccc2c(c1)nc(SCc1ccc(F)cc1C)n2C[C@@H]1CCCO1. The number of sulfonamides is 1. The number of thioether (sulfide) groups is 1. The lowest BCUT2D eigenvalue weighted by molar-refractivity contribution is 0.0960. The lowest BCUT2D eigenvalue weighted by Crippen LogP contribution is -2.30. The van der Waals surface area contributed by atoms with Gasteiger partial charge in [-0.2, -0.15) is 4.31 Å². The van der Waals surface area contributed by atoms with Crippen molar-refractivity contribution in [1.29, 1.82) is 0 Å². The molecule has 3 aromatic rings. The zero-order valence-electron chi connectivity index (χ0n) is 19.3. The fourth-order valence-corrected chi connectivity index (χ4v) is 6.78. The van der Waals surface area contributed by atoms with Crippen molar-refractivity contribution in [2.45, 2.75) is 62.1 Å². The number of ether oxygens (including phenoxy) is 1. The van der Waals surface area contributed by atoms with Crippen LogP contribution in [0.25, 0.3) is 11.0 Å². The molecule has 0 amide bonds. The van der Waals surface area contributed by atoms with Crippen LogP contribution in [0.2, 0.25) is 0 Å². The van der Waals surface area contributed by atoms with Crippen molar-refractivity contribution >= 4 is 32.8 Å². The van der Waals surface area contributed by atoms with Gasteiger partial charge in [0, 0.05) is 25.4 Å². The number of aryl methyl sites for hydroxylation is 1. The molecule has 178 valence electrons. The van der Waals surface area contributed by atoms with Gasteiger partial charge in [-0.05, 0) is 61.2 Å². The molecule has 2 heterocycles. The zero-order chi connectivity index (χ0) is 23.6. The highest BCUT2D eigenvalue weighted by molar-refractivity contribution is 7.98. The van der Waals surface area contributed by atoms with Crippen molar-refractivity contribution in [3.63, 3.8) is 0 Å². The molecule has 2 aromatic carbocycles. The molecule has 1 aromatic heterocycles. The number of benzene rings is 2. The number of imidazole rings is 1. The second-order valence-corrected chi connectivity index (χ2v) is 11.1. The Bertz CT molecular complexity index is 1230. The van der Waals surface area contributed by atoms with Gasteiger partial charge >= 0.3 is 0 Å². The van der Waals surface area contributed by atoms with E-state index in [4.69, 9.17) is 9.72 Å². The fraction of sp³-hybridized carbons (Fsp3) is 0.458. The molecule has 9 heteroatoms. The van der Waals surface area contributed by atoms with Gasteiger partial charge in [-0.1, -0.05) is 31.7 Å². The number of hydrogen-bond acceptors (Lipinski definition) is 5. The molecule has 0 aliphatic carbocycles. The van der Waals surface area contributed by atoms with Gasteiger partial charge in [0.25, 0.3) is 0 Å². The normalized spacial score (nSPS) is 16.8. The minimum atomic E-state index is -3.57. The van der Waals surface area contributed by atoms with Gasteiger partial charge in [-0.25, -0.2) is 17.8 Å². The number of rotatable bonds is 9. The topological polar surface area (TPSA) is 64.4 Å². The van der Waals surface area contributed by atoms with E-state index in [0.717, 1.165) is 41.2 Å². The van der Waals surface area contributed by atoms with Crippen molar-refractivity contribution < 1.29 is 17.5 Å². The number of fused-ring (bicyclic) bond motifs is 1. The molecule has 0 unspecified atom stereocenters. The average molecular weight is 492 g/mol. The van der Waals surface area contributed by atoms with Crippen LogP contribution in [0, 0.1) is 12.7 Å². The molecule has 0 radical (unpaired) electrons. The summed E-state index contributed by atoms with van der Waals surface area (Å²) >= 11 is 1.57. The molecule has 33 heavy (non-hydrogen) atoms. The van der Waals surface area contributed by atoms with Crippen molar-refractivity contribution in [2.24, 2.45) is 0 Å². The van der Waals surface area contributed by atoms with Gasteiger partial charge in [-0.15, -0.1) is 0 Å². The maximum Gasteiger partial charge on any atom is 0.243 e. The maximum absolute atomic E-state index is 13.5. The van der Waals surface area contributed by atoms with Gasteiger partial charge in [0.1, 0.15) is 5.82 Å². The second-order valence-electron chi connectivity index (χ2n) is 8.24. The van der Waals surface area contributed by atoms with E-state index in [1.807, 2.05) is 26.8 Å². The third kappa shape index (κ3) is 5.11. The summed E-state index contributed by atoms with van der Waals surface area (Å²) in [6.07, 6.45) is 2.16. The average Bonchev–Trinajstić information content (AvgIpc) is 3.42. The highest BCUT2D eigenvalue weighted by Gasteiger charge is 2.24. The van der Waals surface area contributed by atoms with Gasteiger partial charge in [0.15, 0.2) is 5.16 Å². The molecular weight excluding hydrogens is 461 g/mol.